The summed E-state index contributed by atoms with van der Waals surface area (Å²) in [7, 11) is 0. The summed E-state index contributed by atoms with van der Waals surface area (Å²) in [5.74, 6) is 6.68. The molecule has 1 aliphatic rings. The monoisotopic (exact) mass is 345 g/mol. The maximum Gasteiger partial charge on any atom is 0.416 e. The van der Waals surface area contributed by atoms with E-state index in [1.807, 2.05) is 0 Å². The number of aromatic nitrogens is 2. The van der Waals surface area contributed by atoms with Crippen LogP contribution >= 0.6 is 0 Å². The molecule has 0 radical (unpaired) electrons. The van der Waals surface area contributed by atoms with Crippen LogP contribution in [0.15, 0.2) is 47.3 Å². The average molecular weight is 345 g/mol. The predicted octanol–water partition coefficient (Wildman–Crippen LogP) is 3.67. The molecule has 1 fully saturated rings. The molecule has 25 heavy (non-hydrogen) atoms. The Morgan fingerprint density at radius 3 is 2.28 bits per heavy atom. The Hall–Kier alpha value is -2.83. The van der Waals surface area contributed by atoms with Gasteiger partial charge >= 0.3 is 6.18 Å². The van der Waals surface area contributed by atoms with E-state index < -0.39 is 11.7 Å². The SMILES string of the molecule is Nn1c(C2CC2)nc2ccc(-c3ccc(C(F)(F)F)cc3)cc2c1=O. The topological polar surface area (TPSA) is 60.9 Å². The predicted molar refractivity (Wildman–Crippen MR) is 88.6 cm³/mol. The van der Waals surface area contributed by atoms with Gasteiger partial charge in [0.1, 0.15) is 5.82 Å². The molecular formula is C18H14F3N3O. The third-order valence-corrected chi connectivity index (χ3v) is 4.42. The largest absolute Gasteiger partial charge is 0.416 e. The van der Waals surface area contributed by atoms with Crippen molar-refractivity contribution in [3.63, 3.8) is 0 Å². The van der Waals surface area contributed by atoms with Crippen LogP contribution in [0.3, 0.4) is 0 Å². The minimum absolute atomic E-state index is 0.233. The van der Waals surface area contributed by atoms with Crippen molar-refractivity contribution in [3.8, 4) is 11.1 Å². The minimum Gasteiger partial charge on any atom is -0.335 e. The molecule has 2 aromatic carbocycles. The van der Waals surface area contributed by atoms with E-state index in [0.29, 0.717) is 27.9 Å². The number of nitrogens with zero attached hydrogens (tertiary/aromatic N) is 2. The lowest BCUT2D eigenvalue weighted by Crippen LogP contribution is -2.31. The summed E-state index contributed by atoms with van der Waals surface area (Å²) in [6.45, 7) is 0. The van der Waals surface area contributed by atoms with E-state index in [1.54, 1.807) is 18.2 Å². The zero-order valence-electron chi connectivity index (χ0n) is 13.0. The molecule has 4 nitrogen and oxygen atoms in total. The fourth-order valence-electron chi connectivity index (χ4n) is 2.88. The maximum absolute atomic E-state index is 12.7. The van der Waals surface area contributed by atoms with E-state index in [-0.39, 0.29) is 11.5 Å². The van der Waals surface area contributed by atoms with Crippen molar-refractivity contribution in [1.29, 1.82) is 0 Å². The summed E-state index contributed by atoms with van der Waals surface area (Å²) < 4.78 is 39.1. The summed E-state index contributed by atoms with van der Waals surface area (Å²) in [5.41, 5.74) is 0.713. The summed E-state index contributed by atoms with van der Waals surface area (Å²) in [5, 5.41) is 0.351. The van der Waals surface area contributed by atoms with Gasteiger partial charge in [0.2, 0.25) is 0 Å². The number of alkyl halides is 3. The first kappa shape index (κ1) is 15.7. The Morgan fingerprint density at radius 1 is 1.04 bits per heavy atom. The van der Waals surface area contributed by atoms with Crippen LogP contribution in [0, 0.1) is 0 Å². The van der Waals surface area contributed by atoms with Crippen molar-refractivity contribution in [3.05, 3.63) is 64.2 Å². The summed E-state index contributed by atoms with van der Waals surface area (Å²) in [6, 6.07) is 9.89. The molecular weight excluding hydrogens is 331 g/mol. The molecule has 0 aliphatic heterocycles. The van der Waals surface area contributed by atoms with Gasteiger partial charge in [-0.25, -0.2) is 9.66 Å². The first-order chi connectivity index (χ1) is 11.8. The number of halogens is 3. The van der Waals surface area contributed by atoms with Gasteiger partial charge in [0.25, 0.3) is 5.56 Å². The normalized spacial score (nSPS) is 14.8. The lowest BCUT2D eigenvalue weighted by Gasteiger charge is -2.10. The van der Waals surface area contributed by atoms with Crippen molar-refractivity contribution in [2.75, 3.05) is 5.84 Å². The van der Waals surface area contributed by atoms with Crippen LogP contribution in [0.25, 0.3) is 22.0 Å². The highest BCUT2D eigenvalue weighted by Crippen LogP contribution is 2.38. The van der Waals surface area contributed by atoms with Gasteiger partial charge in [0.05, 0.1) is 16.5 Å². The van der Waals surface area contributed by atoms with Crippen LogP contribution in [0.1, 0.15) is 30.1 Å². The highest BCUT2D eigenvalue weighted by Gasteiger charge is 2.30. The second-order valence-corrected chi connectivity index (χ2v) is 6.23. The zero-order chi connectivity index (χ0) is 17.8. The van der Waals surface area contributed by atoms with E-state index in [0.717, 1.165) is 29.7 Å². The fourth-order valence-corrected chi connectivity index (χ4v) is 2.88. The molecule has 1 heterocycles. The molecule has 1 saturated carbocycles. The van der Waals surface area contributed by atoms with Crippen molar-refractivity contribution in [2.24, 2.45) is 0 Å². The molecule has 1 aromatic heterocycles. The van der Waals surface area contributed by atoms with Crippen LogP contribution in [-0.4, -0.2) is 9.66 Å². The molecule has 0 atom stereocenters. The number of fused-ring (bicyclic) bond motifs is 1. The fraction of sp³-hybridized carbons (Fsp3) is 0.222. The second kappa shape index (κ2) is 5.34. The van der Waals surface area contributed by atoms with Gasteiger partial charge in [-0.3, -0.25) is 4.79 Å². The number of hydrogen-bond acceptors (Lipinski definition) is 3. The molecule has 0 amide bonds. The first-order valence-electron chi connectivity index (χ1n) is 7.84. The lowest BCUT2D eigenvalue weighted by molar-refractivity contribution is -0.137. The van der Waals surface area contributed by atoms with Gasteiger partial charge in [0.15, 0.2) is 0 Å². The van der Waals surface area contributed by atoms with Crippen molar-refractivity contribution in [2.45, 2.75) is 24.9 Å². The molecule has 1 aliphatic carbocycles. The van der Waals surface area contributed by atoms with E-state index >= 15 is 0 Å². The standard InChI is InChI=1S/C18H14F3N3O/c19-18(20,21)13-6-3-10(4-7-13)12-5-8-15-14(9-12)17(25)24(22)16(23-15)11-1-2-11/h3-9,11H,1-2,22H2. The third-order valence-electron chi connectivity index (χ3n) is 4.42. The number of benzene rings is 2. The Kier molecular flexibility index (Phi) is 3.35. The van der Waals surface area contributed by atoms with Crippen LogP contribution in [-0.2, 0) is 6.18 Å². The molecule has 0 saturated heterocycles. The van der Waals surface area contributed by atoms with Gasteiger partial charge in [0, 0.05) is 5.92 Å². The van der Waals surface area contributed by atoms with Gasteiger partial charge in [-0.05, 0) is 48.2 Å². The highest BCUT2D eigenvalue weighted by atomic mass is 19.4. The molecule has 4 rings (SSSR count). The van der Waals surface area contributed by atoms with Gasteiger partial charge < -0.3 is 5.84 Å². The van der Waals surface area contributed by atoms with E-state index in [4.69, 9.17) is 5.84 Å². The Balaban J connectivity index is 1.80. The van der Waals surface area contributed by atoms with Gasteiger partial charge in [-0.1, -0.05) is 18.2 Å². The number of hydrogen-bond donors (Lipinski definition) is 1. The minimum atomic E-state index is -4.38. The summed E-state index contributed by atoms with van der Waals surface area (Å²) in [6.07, 6.45) is -2.43. The third kappa shape index (κ3) is 2.75. The van der Waals surface area contributed by atoms with E-state index in [1.165, 1.54) is 12.1 Å². The van der Waals surface area contributed by atoms with Crippen LogP contribution in [0.4, 0.5) is 13.2 Å². The van der Waals surface area contributed by atoms with Gasteiger partial charge in [-0.2, -0.15) is 13.2 Å². The van der Waals surface area contributed by atoms with Crippen LogP contribution < -0.4 is 11.4 Å². The summed E-state index contributed by atoms with van der Waals surface area (Å²) >= 11 is 0. The molecule has 0 unspecified atom stereocenters. The van der Waals surface area contributed by atoms with Crippen LogP contribution in [0.5, 0.6) is 0 Å². The average Bonchev–Trinajstić information content (AvgIpc) is 3.42. The number of rotatable bonds is 2. The first-order valence-corrected chi connectivity index (χ1v) is 7.84. The Morgan fingerprint density at radius 2 is 1.68 bits per heavy atom. The number of nitrogens with two attached hydrogens (primary N) is 1. The molecule has 128 valence electrons. The van der Waals surface area contributed by atoms with Crippen molar-refractivity contribution >= 4 is 10.9 Å². The molecule has 3 aromatic rings. The van der Waals surface area contributed by atoms with Crippen molar-refractivity contribution < 1.29 is 13.2 Å². The van der Waals surface area contributed by atoms with E-state index in [9.17, 15) is 18.0 Å². The second-order valence-electron chi connectivity index (χ2n) is 6.23. The highest BCUT2D eigenvalue weighted by molar-refractivity contribution is 5.84. The van der Waals surface area contributed by atoms with Crippen LogP contribution in [0.2, 0.25) is 0 Å². The maximum atomic E-state index is 12.7. The molecule has 2 N–H and O–H groups in total. The van der Waals surface area contributed by atoms with Crippen molar-refractivity contribution in [1.82, 2.24) is 9.66 Å². The lowest BCUT2D eigenvalue weighted by atomic mass is 10.0. The summed E-state index contributed by atoms with van der Waals surface area (Å²) in [4.78, 5) is 17.0. The van der Waals surface area contributed by atoms with E-state index in [2.05, 4.69) is 4.98 Å². The van der Waals surface area contributed by atoms with Gasteiger partial charge in [-0.15, -0.1) is 0 Å². The molecule has 7 heteroatoms. The Bertz CT molecular complexity index is 1020. The number of nitrogen functional groups attached to an aromatic ring is 1. The smallest absolute Gasteiger partial charge is 0.335 e. The molecule has 0 bridgehead atoms. The molecule has 0 spiro atoms. The quantitative estimate of drug-likeness (QED) is 0.721. The zero-order valence-corrected chi connectivity index (χ0v) is 13.0. The Labute approximate surface area is 140 Å².